The first-order valence-electron chi connectivity index (χ1n) is 10.3. The third-order valence-electron chi connectivity index (χ3n) is 5.70. The zero-order chi connectivity index (χ0) is 22.0. The highest BCUT2D eigenvalue weighted by Gasteiger charge is 2.37. The molecule has 2 amide bonds. The molecule has 1 aliphatic carbocycles. The van der Waals surface area contributed by atoms with Gasteiger partial charge in [-0.15, -0.1) is 0 Å². The van der Waals surface area contributed by atoms with Crippen LogP contribution >= 0.6 is 0 Å². The molecule has 6 heteroatoms. The van der Waals surface area contributed by atoms with Crippen molar-refractivity contribution in [1.82, 2.24) is 5.32 Å². The molecule has 0 heterocycles. The number of alkyl carbamates (subject to hydrolysis) is 1. The van der Waals surface area contributed by atoms with Crippen LogP contribution in [0.25, 0.3) is 0 Å². The summed E-state index contributed by atoms with van der Waals surface area (Å²) in [6, 6.07) is 3.67. The fourth-order valence-corrected chi connectivity index (χ4v) is 3.93. The van der Waals surface area contributed by atoms with Crippen molar-refractivity contribution in [3.63, 3.8) is 0 Å². The zero-order valence-corrected chi connectivity index (χ0v) is 18.8. The SMILES string of the molecule is CC(C)(C)OC(=O)NC(CO)Cc1cc2c(cc1NC=O)C(C)(C)CCC2(C)C. The molecule has 3 N–H and O–H groups in total. The zero-order valence-electron chi connectivity index (χ0n) is 18.8. The standard InChI is InChI=1S/C23H36N2O4/c1-21(2,3)29-20(28)25-16(13-26)10-15-11-17-18(12-19(15)24-14-27)23(6,7)9-8-22(17,4)5/h11-12,14,16,26H,8-10,13H2,1-7H3,(H,24,27)(H,25,28). The van der Waals surface area contributed by atoms with Gasteiger partial charge in [-0.2, -0.15) is 0 Å². The molecule has 0 fully saturated rings. The van der Waals surface area contributed by atoms with E-state index in [0.717, 1.165) is 18.4 Å². The number of hydrogen-bond donors (Lipinski definition) is 3. The summed E-state index contributed by atoms with van der Waals surface area (Å²) in [5.74, 6) is 0. The highest BCUT2D eigenvalue weighted by molar-refractivity contribution is 5.75. The molecule has 0 spiro atoms. The van der Waals surface area contributed by atoms with Crippen LogP contribution in [0.4, 0.5) is 10.5 Å². The van der Waals surface area contributed by atoms with Crippen LogP contribution in [-0.2, 0) is 26.8 Å². The number of amides is 2. The number of aliphatic hydroxyl groups excluding tert-OH is 1. The third kappa shape index (κ3) is 5.72. The third-order valence-corrected chi connectivity index (χ3v) is 5.70. The molecule has 162 valence electrons. The monoisotopic (exact) mass is 404 g/mol. The number of hydrogen-bond acceptors (Lipinski definition) is 4. The molecular formula is C23H36N2O4. The van der Waals surface area contributed by atoms with Gasteiger partial charge in [0.05, 0.1) is 12.6 Å². The summed E-state index contributed by atoms with van der Waals surface area (Å²) in [5, 5.41) is 15.4. The highest BCUT2D eigenvalue weighted by atomic mass is 16.6. The van der Waals surface area contributed by atoms with Gasteiger partial charge in [0.1, 0.15) is 5.60 Å². The Labute approximate surface area is 174 Å². The van der Waals surface area contributed by atoms with Crippen LogP contribution in [0, 0.1) is 0 Å². The number of fused-ring (bicyclic) bond motifs is 1. The fourth-order valence-electron chi connectivity index (χ4n) is 3.93. The quantitative estimate of drug-likeness (QED) is 0.625. The molecule has 0 saturated heterocycles. The molecule has 0 saturated carbocycles. The van der Waals surface area contributed by atoms with E-state index in [2.05, 4.69) is 50.5 Å². The molecule has 29 heavy (non-hydrogen) atoms. The predicted octanol–water partition coefficient (Wildman–Crippen LogP) is 4.03. The smallest absolute Gasteiger partial charge is 0.407 e. The molecule has 0 bridgehead atoms. The van der Waals surface area contributed by atoms with Crippen LogP contribution in [-0.4, -0.2) is 35.9 Å². The Morgan fingerprint density at radius 3 is 2.21 bits per heavy atom. The first-order chi connectivity index (χ1) is 13.3. The number of ether oxygens (including phenoxy) is 1. The number of nitrogens with one attached hydrogen (secondary N) is 2. The Kier molecular flexibility index (Phi) is 6.68. The molecule has 0 radical (unpaired) electrons. The van der Waals surface area contributed by atoms with E-state index in [0.29, 0.717) is 18.5 Å². The molecule has 1 unspecified atom stereocenters. The van der Waals surface area contributed by atoms with E-state index in [4.69, 9.17) is 4.74 Å². The lowest BCUT2D eigenvalue weighted by atomic mass is 9.62. The van der Waals surface area contributed by atoms with E-state index in [1.54, 1.807) is 20.8 Å². The Morgan fingerprint density at radius 1 is 1.17 bits per heavy atom. The van der Waals surface area contributed by atoms with Gasteiger partial charge >= 0.3 is 6.09 Å². The van der Waals surface area contributed by atoms with Crippen LogP contribution in [0.3, 0.4) is 0 Å². The van der Waals surface area contributed by atoms with E-state index >= 15 is 0 Å². The summed E-state index contributed by atoms with van der Waals surface area (Å²) in [4.78, 5) is 23.4. The Morgan fingerprint density at radius 2 is 1.72 bits per heavy atom. The van der Waals surface area contributed by atoms with Crippen molar-refractivity contribution in [2.75, 3.05) is 11.9 Å². The largest absolute Gasteiger partial charge is 0.444 e. The summed E-state index contributed by atoms with van der Waals surface area (Å²) >= 11 is 0. The van der Waals surface area contributed by atoms with Crippen molar-refractivity contribution in [3.8, 4) is 0 Å². The van der Waals surface area contributed by atoms with E-state index in [1.807, 2.05) is 0 Å². The molecular weight excluding hydrogens is 368 g/mol. The first kappa shape index (κ1) is 23.2. The average molecular weight is 405 g/mol. The summed E-state index contributed by atoms with van der Waals surface area (Å²) in [5.41, 5.74) is 3.53. The van der Waals surface area contributed by atoms with Crippen LogP contribution in [0.15, 0.2) is 12.1 Å². The van der Waals surface area contributed by atoms with E-state index in [9.17, 15) is 14.7 Å². The number of carbonyl (C=O) groups is 2. The van der Waals surface area contributed by atoms with Gasteiger partial charge in [0.15, 0.2) is 0 Å². The van der Waals surface area contributed by atoms with Gasteiger partial charge in [-0.1, -0.05) is 33.8 Å². The minimum atomic E-state index is -0.615. The number of anilines is 1. The molecule has 1 aliphatic rings. The Hall–Kier alpha value is -2.08. The molecule has 0 aromatic heterocycles. The van der Waals surface area contributed by atoms with E-state index in [-0.39, 0.29) is 17.4 Å². The van der Waals surface area contributed by atoms with Gasteiger partial charge in [0.25, 0.3) is 0 Å². The lowest BCUT2D eigenvalue weighted by Gasteiger charge is -2.42. The number of carbonyl (C=O) groups excluding carboxylic acids is 2. The van der Waals surface area contributed by atoms with Crippen LogP contribution in [0.1, 0.15) is 78.0 Å². The van der Waals surface area contributed by atoms with Crippen molar-refractivity contribution in [3.05, 3.63) is 28.8 Å². The second kappa shape index (κ2) is 8.34. The predicted molar refractivity (Wildman–Crippen MR) is 115 cm³/mol. The van der Waals surface area contributed by atoms with Gasteiger partial charge in [-0.25, -0.2) is 4.79 Å². The molecule has 1 aromatic carbocycles. The highest BCUT2D eigenvalue weighted by Crippen LogP contribution is 2.47. The second-order valence-electron chi connectivity index (χ2n) is 10.3. The maximum Gasteiger partial charge on any atom is 0.407 e. The number of rotatable bonds is 6. The van der Waals surface area contributed by atoms with Crippen molar-refractivity contribution >= 4 is 18.2 Å². The maximum atomic E-state index is 12.1. The summed E-state index contributed by atoms with van der Waals surface area (Å²) < 4.78 is 5.30. The lowest BCUT2D eigenvalue weighted by Crippen LogP contribution is -2.42. The number of benzene rings is 1. The maximum absolute atomic E-state index is 12.1. The molecule has 1 atom stereocenters. The number of aliphatic hydroxyl groups is 1. The molecule has 1 aromatic rings. The van der Waals surface area contributed by atoms with Crippen LogP contribution < -0.4 is 10.6 Å². The molecule has 0 aliphatic heterocycles. The normalized spacial score (nSPS) is 18.3. The average Bonchev–Trinajstić information content (AvgIpc) is 2.58. The van der Waals surface area contributed by atoms with Gasteiger partial charge in [0.2, 0.25) is 6.41 Å². The van der Waals surface area contributed by atoms with E-state index < -0.39 is 17.7 Å². The minimum Gasteiger partial charge on any atom is -0.444 e. The van der Waals surface area contributed by atoms with Crippen molar-refractivity contribution < 1.29 is 19.4 Å². The summed E-state index contributed by atoms with van der Waals surface area (Å²) in [7, 11) is 0. The van der Waals surface area contributed by atoms with Gasteiger partial charge in [-0.05, 0) is 73.6 Å². The van der Waals surface area contributed by atoms with Gasteiger partial charge < -0.3 is 20.5 Å². The molecule has 6 nitrogen and oxygen atoms in total. The summed E-state index contributed by atoms with van der Waals surface area (Å²) in [6.45, 7) is 14.1. The topological polar surface area (TPSA) is 87.7 Å². The van der Waals surface area contributed by atoms with Gasteiger partial charge in [0, 0.05) is 5.69 Å². The van der Waals surface area contributed by atoms with Crippen LogP contribution in [0.2, 0.25) is 0 Å². The lowest BCUT2D eigenvalue weighted by molar-refractivity contribution is -0.105. The first-order valence-corrected chi connectivity index (χ1v) is 10.3. The second-order valence-corrected chi connectivity index (χ2v) is 10.3. The summed E-state index contributed by atoms with van der Waals surface area (Å²) in [6.07, 6.45) is 2.64. The Bertz CT molecular complexity index is 763. The molecule has 2 rings (SSSR count). The van der Waals surface area contributed by atoms with Gasteiger partial charge in [-0.3, -0.25) is 4.79 Å². The van der Waals surface area contributed by atoms with Crippen LogP contribution in [0.5, 0.6) is 0 Å². The van der Waals surface area contributed by atoms with Crippen molar-refractivity contribution in [2.45, 2.75) is 90.2 Å². The fraction of sp³-hybridized carbons (Fsp3) is 0.652. The minimum absolute atomic E-state index is 0.0205. The van der Waals surface area contributed by atoms with Crippen molar-refractivity contribution in [1.29, 1.82) is 0 Å². The Balaban J connectivity index is 2.38. The van der Waals surface area contributed by atoms with E-state index in [1.165, 1.54) is 11.1 Å². The van der Waals surface area contributed by atoms with Crippen molar-refractivity contribution in [2.24, 2.45) is 0 Å².